The third-order valence-corrected chi connectivity index (χ3v) is 4.31. The van der Waals surface area contributed by atoms with Crippen molar-refractivity contribution in [2.45, 2.75) is 19.6 Å². The van der Waals surface area contributed by atoms with Crippen molar-refractivity contribution in [2.24, 2.45) is 0 Å². The highest BCUT2D eigenvalue weighted by molar-refractivity contribution is 5.91. The number of rotatable bonds is 4. The van der Waals surface area contributed by atoms with Crippen LogP contribution in [0.2, 0.25) is 0 Å². The van der Waals surface area contributed by atoms with E-state index in [0.717, 1.165) is 33.5 Å². The number of aromatic nitrogens is 2. The van der Waals surface area contributed by atoms with Gasteiger partial charge < -0.3 is 5.32 Å². The first-order chi connectivity index (χ1) is 14.1. The van der Waals surface area contributed by atoms with Crippen LogP contribution < -0.4 is 16.4 Å². The largest absolute Gasteiger partial charge is 0.418 e. The van der Waals surface area contributed by atoms with Gasteiger partial charge in [-0.1, -0.05) is 18.2 Å². The Bertz CT molecular complexity index is 1230. The summed E-state index contributed by atoms with van der Waals surface area (Å²) in [6, 6.07) is 8.11. The number of carbonyl (C=O) groups is 1. The summed E-state index contributed by atoms with van der Waals surface area (Å²) in [5, 5.41) is 2.10. The Morgan fingerprint density at radius 3 is 2.43 bits per heavy atom. The zero-order valence-corrected chi connectivity index (χ0v) is 15.5. The van der Waals surface area contributed by atoms with Crippen molar-refractivity contribution in [2.75, 3.05) is 5.32 Å². The van der Waals surface area contributed by atoms with Crippen molar-refractivity contribution in [3.8, 4) is 5.69 Å². The Morgan fingerprint density at radius 1 is 1.03 bits per heavy atom. The molecule has 1 N–H and O–H groups in total. The van der Waals surface area contributed by atoms with Crippen molar-refractivity contribution in [3.63, 3.8) is 0 Å². The number of carbonyl (C=O) groups excluding carboxylic acids is 1. The molecule has 0 atom stereocenters. The van der Waals surface area contributed by atoms with Crippen molar-refractivity contribution in [1.29, 1.82) is 0 Å². The van der Waals surface area contributed by atoms with Crippen LogP contribution in [0.4, 0.5) is 23.2 Å². The zero-order chi connectivity index (χ0) is 22.1. The lowest BCUT2D eigenvalue weighted by atomic mass is 10.1. The van der Waals surface area contributed by atoms with E-state index in [9.17, 15) is 31.9 Å². The van der Waals surface area contributed by atoms with E-state index in [-0.39, 0.29) is 5.69 Å². The maximum atomic E-state index is 13.5. The second-order valence-electron chi connectivity index (χ2n) is 6.43. The van der Waals surface area contributed by atoms with Gasteiger partial charge in [-0.25, -0.2) is 4.39 Å². The van der Waals surface area contributed by atoms with Gasteiger partial charge in [0.1, 0.15) is 12.4 Å². The number of hydrogen-bond donors (Lipinski definition) is 1. The number of alkyl halides is 3. The van der Waals surface area contributed by atoms with Crippen molar-refractivity contribution < 1.29 is 22.4 Å². The first kappa shape index (κ1) is 21.0. The Morgan fingerprint density at radius 2 is 1.73 bits per heavy atom. The van der Waals surface area contributed by atoms with E-state index in [2.05, 4.69) is 5.32 Å². The maximum Gasteiger partial charge on any atom is 0.418 e. The molecule has 3 rings (SSSR count). The van der Waals surface area contributed by atoms with Gasteiger partial charge >= 0.3 is 17.3 Å². The maximum absolute atomic E-state index is 13.5. The van der Waals surface area contributed by atoms with Crippen molar-refractivity contribution in [1.82, 2.24) is 9.13 Å². The molecule has 0 aliphatic heterocycles. The molecule has 0 bridgehead atoms. The Hall–Kier alpha value is -3.69. The van der Waals surface area contributed by atoms with Crippen LogP contribution in [0.3, 0.4) is 0 Å². The second kappa shape index (κ2) is 7.97. The number of nitrogens with one attached hydrogen (secondary N) is 1. The molecule has 1 aromatic heterocycles. The van der Waals surface area contributed by atoms with E-state index in [4.69, 9.17) is 0 Å². The van der Waals surface area contributed by atoms with Gasteiger partial charge in [0.25, 0.3) is 0 Å². The summed E-state index contributed by atoms with van der Waals surface area (Å²) in [7, 11) is 0. The molecule has 0 radical (unpaired) electrons. The van der Waals surface area contributed by atoms with Gasteiger partial charge in [0.05, 0.1) is 16.9 Å². The molecule has 156 valence electrons. The Labute approximate surface area is 167 Å². The van der Waals surface area contributed by atoms with Gasteiger partial charge in [0.15, 0.2) is 0 Å². The molecule has 0 unspecified atom stereocenters. The van der Waals surface area contributed by atoms with Crippen LogP contribution in [0.15, 0.2) is 64.4 Å². The van der Waals surface area contributed by atoms with E-state index in [1.165, 1.54) is 30.5 Å². The van der Waals surface area contributed by atoms with Gasteiger partial charge in [0, 0.05) is 12.4 Å². The average Bonchev–Trinajstić information content (AvgIpc) is 2.67. The average molecular weight is 421 g/mol. The van der Waals surface area contributed by atoms with Crippen LogP contribution in [0.5, 0.6) is 0 Å². The fourth-order valence-electron chi connectivity index (χ4n) is 2.85. The molecule has 0 aliphatic rings. The number of amides is 1. The quantitative estimate of drug-likeness (QED) is 0.520. The Balaban J connectivity index is 1.88. The summed E-state index contributed by atoms with van der Waals surface area (Å²) in [5.74, 6) is -1.53. The van der Waals surface area contributed by atoms with E-state index in [1.807, 2.05) is 0 Å². The van der Waals surface area contributed by atoms with Gasteiger partial charge in [-0.05, 0) is 36.8 Å². The molecule has 0 saturated heterocycles. The molecule has 1 heterocycles. The third-order valence-electron chi connectivity index (χ3n) is 4.31. The number of hydrogen-bond acceptors (Lipinski definition) is 3. The van der Waals surface area contributed by atoms with E-state index in [1.54, 1.807) is 6.92 Å². The smallest absolute Gasteiger partial charge is 0.324 e. The molecule has 0 spiro atoms. The van der Waals surface area contributed by atoms with Crippen molar-refractivity contribution >= 4 is 11.6 Å². The molecular weight excluding hydrogens is 406 g/mol. The Kier molecular flexibility index (Phi) is 5.59. The summed E-state index contributed by atoms with van der Waals surface area (Å²) >= 11 is 0. The van der Waals surface area contributed by atoms with Gasteiger partial charge in [-0.2, -0.15) is 13.2 Å². The van der Waals surface area contributed by atoms with E-state index >= 15 is 0 Å². The van der Waals surface area contributed by atoms with E-state index < -0.39 is 46.8 Å². The molecule has 0 saturated carbocycles. The molecule has 2 aromatic carbocycles. The summed E-state index contributed by atoms with van der Waals surface area (Å²) < 4.78 is 54.3. The summed E-state index contributed by atoms with van der Waals surface area (Å²) in [6.07, 6.45) is -2.37. The second-order valence-corrected chi connectivity index (χ2v) is 6.43. The van der Waals surface area contributed by atoms with Crippen LogP contribution in [0.1, 0.15) is 11.1 Å². The molecule has 6 nitrogen and oxygen atoms in total. The fraction of sp³-hybridized carbons (Fsp3) is 0.150. The van der Waals surface area contributed by atoms with Gasteiger partial charge in [0.2, 0.25) is 5.91 Å². The number of nitrogens with zero attached hydrogens (tertiary/aromatic N) is 2. The lowest BCUT2D eigenvalue weighted by Gasteiger charge is -2.14. The number of para-hydroxylation sites is 1. The number of halogens is 4. The molecule has 0 aliphatic carbocycles. The van der Waals surface area contributed by atoms with Crippen LogP contribution in [-0.2, 0) is 17.5 Å². The molecule has 1 amide bonds. The minimum Gasteiger partial charge on any atom is -0.324 e. The summed E-state index contributed by atoms with van der Waals surface area (Å²) in [5.41, 5.74) is -2.92. The minimum absolute atomic E-state index is 0.160. The molecule has 30 heavy (non-hydrogen) atoms. The monoisotopic (exact) mass is 421 g/mol. The molecular formula is C20H15F4N3O3. The first-order valence-electron chi connectivity index (χ1n) is 8.62. The molecule has 3 aromatic rings. The zero-order valence-electron chi connectivity index (χ0n) is 15.5. The lowest BCUT2D eigenvalue weighted by Crippen LogP contribution is -2.41. The van der Waals surface area contributed by atoms with Gasteiger partial charge in [-0.3, -0.25) is 23.5 Å². The highest BCUT2D eigenvalue weighted by Crippen LogP contribution is 2.34. The number of benzene rings is 2. The summed E-state index contributed by atoms with van der Waals surface area (Å²) in [4.78, 5) is 36.9. The predicted octanol–water partition coefficient (Wildman–Crippen LogP) is 3.10. The standard InChI is InChI=1S/C20H15F4N3O3/c1-12-6-7-13(21)10-16(12)27-9-8-26(18(29)19(27)30)11-17(28)25-15-5-3-2-4-14(15)20(22,23)24/h2-10H,11H2,1H3,(H,25,28). The molecule has 10 heteroatoms. The normalized spacial score (nSPS) is 11.4. The van der Waals surface area contributed by atoms with Crippen LogP contribution in [0, 0.1) is 12.7 Å². The SMILES string of the molecule is Cc1ccc(F)cc1-n1ccn(CC(=O)Nc2ccccc2C(F)(F)F)c(=O)c1=O. The first-order valence-corrected chi connectivity index (χ1v) is 8.62. The molecule has 0 fully saturated rings. The fourth-order valence-corrected chi connectivity index (χ4v) is 2.85. The van der Waals surface area contributed by atoms with Gasteiger partial charge in [-0.15, -0.1) is 0 Å². The van der Waals surface area contributed by atoms with Crippen LogP contribution in [-0.4, -0.2) is 15.0 Å². The third kappa shape index (κ3) is 4.32. The van der Waals surface area contributed by atoms with E-state index in [0.29, 0.717) is 5.56 Å². The lowest BCUT2D eigenvalue weighted by molar-refractivity contribution is -0.137. The minimum atomic E-state index is -4.68. The number of anilines is 1. The summed E-state index contributed by atoms with van der Waals surface area (Å²) in [6.45, 7) is 0.946. The van der Waals surface area contributed by atoms with Crippen LogP contribution >= 0.6 is 0 Å². The highest BCUT2D eigenvalue weighted by atomic mass is 19.4. The predicted molar refractivity (Wildman–Crippen MR) is 101 cm³/mol. The highest BCUT2D eigenvalue weighted by Gasteiger charge is 2.33. The number of aryl methyl sites for hydroxylation is 1. The van der Waals surface area contributed by atoms with Crippen LogP contribution in [0.25, 0.3) is 5.69 Å². The van der Waals surface area contributed by atoms with Crippen molar-refractivity contribution in [3.05, 3.63) is 92.5 Å². The topological polar surface area (TPSA) is 73.1 Å².